The van der Waals surface area contributed by atoms with E-state index in [2.05, 4.69) is 32.9 Å². The molecule has 2 heteroatoms. The fourth-order valence-electron chi connectivity index (χ4n) is 4.30. The molecule has 0 saturated carbocycles. The molecule has 0 aromatic heterocycles. The molecule has 1 N–H and O–H groups in total. The first-order valence-electron chi connectivity index (χ1n) is 14.1. The van der Waals surface area contributed by atoms with Gasteiger partial charge in [-0.2, -0.15) is 0 Å². The van der Waals surface area contributed by atoms with Gasteiger partial charge in [-0.25, -0.2) is 0 Å². The second-order valence-corrected chi connectivity index (χ2v) is 11.3. The predicted molar refractivity (Wildman–Crippen MR) is 142 cm³/mol. The third-order valence-electron chi connectivity index (χ3n) is 7.79. The molecule has 0 unspecified atom stereocenters. The van der Waals surface area contributed by atoms with Crippen molar-refractivity contribution in [1.29, 1.82) is 0 Å². The van der Waals surface area contributed by atoms with Gasteiger partial charge in [0.25, 0.3) is 0 Å². The lowest BCUT2D eigenvalue weighted by Crippen LogP contribution is -2.39. The molecule has 0 aliphatic carbocycles. The van der Waals surface area contributed by atoms with Crippen LogP contribution >= 0.6 is 0 Å². The van der Waals surface area contributed by atoms with Gasteiger partial charge in [-0.1, -0.05) is 129 Å². The second-order valence-electron chi connectivity index (χ2n) is 11.3. The SMILES string of the molecule is CCCCCCCCC=CCCCCCCCCCCCCCC(C)(C)C(C)(C)C(=O)O. The van der Waals surface area contributed by atoms with E-state index in [4.69, 9.17) is 0 Å². The van der Waals surface area contributed by atoms with Crippen molar-refractivity contribution in [3.63, 3.8) is 0 Å². The Labute approximate surface area is 202 Å². The summed E-state index contributed by atoms with van der Waals surface area (Å²) in [6.07, 6.45) is 31.5. The predicted octanol–water partition coefficient (Wildman–Crippen LogP) is 10.5. The third kappa shape index (κ3) is 15.9. The largest absolute Gasteiger partial charge is 0.481 e. The number of hydrogen-bond donors (Lipinski definition) is 1. The molecule has 0 radical (unpaired) electrons. The van der Waals surface area contributed by atoms with Crippen LogP contribution in [0.5, 0.6) is 0 Å². The van der Waals surface area contributed by atoms with Gasteiger partial charge < -0.3 is 5.11 Å². The molecule has 2 nitrogen and oxygen atoms in total. The molecule has 0 amide bonds. The van der Waals surface area contributed by atoms with Crippen LogP contribution in [0.15, 0.2) is 12.2 Å². The molecular formula is C30H58O2. The van der Waals surface area contributed by atoms with Gasteiger partial charge in [0, 0.05) is 0 Å². The number of carboxylic acid groups (broad SMARTS) is 1. The molecule has 0 aromatic rings. The first kappa shape index (κ1) is 31.2. The Bertz CT molecular complexity index is 461. The first-order valence-corrected chi connectivity index (χ1v) is 14.1. The highest BCUT2D eigenvalue weighted by Gasteiger charge is 2.42. The molecule has 0 bridgehead atoms. The van der Waals surface area contributed by atoms with Gasteiger partial charge in [-0.05, 0) is 51.4 Å². The Balaban J connectivity index is 3.37. The summed E-state index contributed by atoms with van der Waals surface area (Å²) in [5, 5.41) is 9.45. The molecular weight excluding hydrogens is 392 g/mol. The number of carboxylic acids is 1. The van der Waals surface area contributed by atoms with E-state index in [0.29, 0.717) is 0 Å². The number of allylic oxidation sites excluding steroid dienone is 2. The van der Waals surface area contributed by atoms with Crippen LogP contribution in [0, 0.1) is 10.8 Å². The molecule has 0 saturated heterocycles. The summed E-state index contributed by atoms with van der Waals surface area (Å²) >= 11 is 0. The van der Waals surface area contributed by atoms with Crippen LogP contribution in [-0.4, -0.2) is 11.1 Å². The maximum Gasteiger partial charge on any atom is 0.309 e. The van der Waals surface area contributed by atoms with Gasteiger partial charge in [-0.15, -0.1) is 0 Å². The van der Waals surface area contributed by atoms with Crippen LogP contribution in [0.2, 0.25) is 0 Å². The highest BCUT2D eigenvalue weighted by Crippen LogP contribution is 2.42. The Kier molecular flexibility index (Phi) is 19.2. The van der Waals surface area contributed by atoms with Crippen LogP contribution in [0.25, 0.3) is 0 Å². The van der Waals surface area contributed by atoms with Gasteiger partial charge in [-0.3, -0.25) is 4.79 Å². The molecule has 0 rings (SSSR count). The Morgan fingerprint density at radius 2 is 0.938 bits per heavy atom. The molecule has 0 fully saturated rings. The van der Waals surface area contributed by atoms with Crippen LogP contribution in [0.3, 0.4) is 0 Å². The molecule has 0 aliphatic heterocycles. The maximum absolute atomic E-state index is 11.5. The third-order valence-corrected chi connectivity index (χ3v) is 7.79. The molecule has 0 atom stereocenters. The summed E-state index contributed by atoms with van der Waals surface area (Å²) in [5.74, 6) is -0.678. The van der Waals surface area contributed by atoms with Crippen molar-refractivity contribution < 1.29 is 9.90 Å². The lowest BCUT2D eigenvalue weighted by Gasteiger charge is -2.38. The van der Waals surface area contributed by atoms with Gasteiger partial charge in [0.05, 0.1) is 5.41 Å². The summed E-state index contributed by atoms with van der Waals surface area (Å²) in [6, 6.07) is 0. The van der Waals surface area contributed by atoms with E-state index in [-0.39, 0.29) is 5.41 Å². The zero-order chi connectivity index (χ0) is 24.1. The van der Waals surface area contributed by atoms with Crippen LogP contribution < -0.4 is 0 Å². The number of aliphatic carboxylic acids is 1. The topological polar surface area (TPSA) is 37.3 Å². The minimum atomic E-state index is -0.678. The second kappa shape index (κ2) is 19.7. The lowest BCUT2D eigenvalue weighted by atomic mass is 9.65. The molecule has 0 heterocycles. The van der Waals surface area contributed by atoms with Crippen LogP contribution in [-0.2, 0) is 4.79 Å². The van der Waals surface area contributed by atoms with E-state index in [1.54, 1.807) is 0 Å². The normalized spacial score (nSPS) is 12.7. The molecule has 0 aliphatic rings. The summed E-state index contributed by atoms with van der Waals surface area (Å²) in [6.45, 7) is 10.2. The van der Waals surface area contributed by atoms with Gasteiger partial charge in [0.15, 0.2) is 0 Å². The van der Waals surface area contributed by atoms with E-state index in [9.17, 15) is 9.90 Å². The first-order chi connectivity index (χ1) is 15.3. The summed E-state index contributed by atoms with van der Waals surface area (Å²) in [7, 11) is 0. The number of rotatable bonds is 23. The molecule has 32 heavy (non-hydrogen) atoms. The Morgan fingerprint density at radius 3 is 1.31 bits per heavy atom. The van der Waals surface area contributed by atoms with Crippen molar-refractivity contribution in [2.75, 3.05) is 0 Å². The van der Waals surface area contributed by atoms with Gasteiger partial charge in [0.1, 0.15) is 0 Å². The zero-order valence-corrected chi connectivity index (χ0v) is 22.7. The van der Waals surface area contributed by atoms with Crippen molar-refractivity contribution in [3.05, 3.63) is 12.2 Å². The fourth-order valence-corrected chi connectivity index (χ4v) is 4.30. The molecule has 190 valence electrons. The van der Waals surface area contributed by atoms with Gasteiger partial charge >= 0.3 is 5.97 Å². The molecule has 0 spiro atoms. The average Bonchev–Trinajstić information content (AvgIpc) is 2.74. The van der Waals surface area contributed by atoms with Crippen LogP contribution in [0.1, 0.15) is 163 Å². The number of hydrogen-bond acceptors (Lipinski definition) is 1. The highest BCUT2D eigenvalue weighted by atomic mass is 16.4. The Morgan fingerprint density at radius 1 is 0.594 bits per heavy atom. The fraction of sp³-hybridized carbons (Fsp3) is 0.900. The number of carbonyl (C=O) groups is 1. The lowest BCUT2D eigenvalue weighted by molar-refractivity contribution is -0.154. The monoisotopic (exact) mass is 450 g/mol. The average molecular weight is 451 g/mol. The quantitative estimate of drug-likeness (QED) is 0.124. The summed E-state index contributed by atoms with van der Waals surface area (Å²) < 4.78 is 0. The standard InChI is InChI=1S/C30H58O2/c1-6-7-8-9-10-11-12-13-14-15-16-17-18-19-20-21-22-23-24-25-26-27-29(2,3)30(4,5)28(31)32/h13-14H,6-12,15-27H2,1-5H3,(H,31,32). The van der Waals surface area contributed by atoms with E-state index in [1.807, 2.05) is 13.8 Å². The van der Waals surface area contributed by atoms with E-state index >= 15 is 0 Å². The van der Waals surface area contributed by atoms with Crippen molar-refractivity contribution in [2.24, 2.45) is 10.8 Å². The van der Waals surface area contributed by atoms with Crippen LogP contribution in [0.4, 0.5) is 0 Å². The van der Waals surface area contributed by atoms with Crippen molar-refractivity contribution in [2.45, 2.75) is 163 Å². The smallest absolute Gasteiger partial charge is 0.309 e. The number of unbranched alkanes of at least 4 members (excludes halogenated alkanes) is 17. The minimum absolute atomic E-state index is 0.150. The van der Waals surface area contributed by atoms with Gasteiger partial charge in [0.2, 0.25) is 0 Å². The van der Waals surface area contributed by atoms with Crippen molar-refractivity contribution in [3.8, 4) is 0 Å². The van der Waals surface area contributed by atoms with E-state index in [1.165, 1.54) is 116 Å². The van der Waals surface area contributed by atoms with Crippen molar-refractivity contribution >= 4 is 5.97 Å². The molecule has 0 aromatic carbocycles. The highest BCUT2D eigenvalue weighted by molar-refractivity contribution is 5.74. The zero-order valence-electron chi connectivity index (χ0n) is 22.7. The van der Waals surface area contributed by atoms with Crippen molar-refractivity contribution in [1.82, 2.24) is 0 Å². The summed E-state index contributed by atoms with van der Waals surface area (Å²) in [5.41, 5.74) is -0.806. The summed E-state index contributed by atoms with van der Waals surface area (Å²) in [4.78, 5) is 11.5. The maximum atomic E-state index is 11.5. The minimum Gasteiger partial charge on any atom is -0.481 e. The Hall–Kier alpha value is -0.790. The van der Waals surface area contributed by atoms with E-state index < -0.39 is 11.4 Å². The van der Waals surface area contributed by atoms with E-state index in [0.717, 1.165) is 12.8 Å².